The number of benzene rings is 2. The Balaban J connectivity index is 1.46. The quantitative estimate of drug-likeness (QED) is 0.477. The molecule has 9 heteroatoms. The minimum absolute atomic E-state index is 0.0359. The second-order valence-electron chi connectivity index (χ2n) is 9.23. The summed E-state index contributed by atoms with van der Waals surface area (Å²) < 4.78 is 34.0. The van der Waals surface area contributed by atoms with Gasteiger partial charge in [-0.05, 0) is 87.1 Å². The average Bonchev–Trinajstić information content (AvgIpc) is 3.39. The Morgan fingerprint density at radius 2 is 1.82 bits per heavy atom. The number of nitrogens with zero attached hydrogens (tertiary/aromatic N) is 3. The molecule has 34 heavy (non-hydrogen) atoms. The van der Waals surface area contributed by atoms with Crippen LogP contribution in [0.3, 0.4) is 0 Å². The number of amides is 1. The van der Waals surface area contributed by atoms with Gasteiger partial charge in [-0.15, -0.1) is 0 Å². The fourth-order valence-corrected chi connectivity index (χ4v) is 6.72. The maximum atomic E-state index is 13.6. The molecular weight excluding hydrogens is 470 g/mol. The molecule has 0 bridgehead atoms. The third-order valence-electron chi connectivity index (χ3n) is 6.72. The number of anilines is 1. The first-order chi connectivity index (χ1) is 16.2. The molecule has 2 fully saturated rings. The van der Waals surface area contributed by atoms with Crippen LogP contribution in [0.2, 0.25) is 0 Å². The predicted octanol–water partition coefficient (Wildman–Crippen LogP) is 4.52. The van der Waals surface area contributed by atoms with E-state index >= 15 is 0 Å². The molecule has 1 aliphatic carbocycles. The highest BCUT2D eigenvalue weighted by Gasteiger charge is 2.35. The summed E-state index contributed by atoms with van der Waals surface area (Å²) in [6.07, 6.45) is 3.63. The molecule has 2 heterocycles. The maximum Gasteiger partial charge on any atom is 0.260 e. The summed E-state index contributed by atoms with van der Waals surface area (Å²) in [6.45, 7) is 5.24. The molecule has 0 spiro atoms. The van der Waals surface area contributed by atoms with E-state index in [1.807, 2.05) is 0 Å². The van der Waals surface area contributed by atoms with Crippen molar-refractivity contribution in [2.45, 2.75) is 56.6 Å². The Morgan fingerprint density at radius 1 is 1.12 bits per heavy atom. The number of aryl methyl sites for hydroxylation is 2. The number of thiazole rings is 1. The van der Waals surface area contributed by atoms with Crippen molar-refractivity contribution < 1.29 is 17.9 Å². The van der Waals surface area contributed by atoms with Crippen LogP contribution in [0.15, 0.2) is 41.3 Å². The smallest absolute Gasteiger partial charge is 0.260 e. The molecule has 1 saturated heterocycles. The van der Waals surface area contributed by atoms with Crippen LogP contribution in [0.5, 0.6) is 0 Å². The van der Waals surface area contributed by atoms with Crippen molar-refractivity contribution in [1.29, 1.82) is 0 Å². The van der Waals surface area contributed by atoms with E-state index in [4.69, 9.17) is 9.72 Å². The van der Waals surface area contributed by atoms with Crippen LogP contribution in [0.1, 0.15) is 47.2 Å². The summed E-state index contributed by atoms with van der Waals surface area (Å²) in [6, 6.07) is 10.5. The summed E-state index contributed by atoms with van der Waals surface area (Å²) >= 11 is 1.49. The van der Waals surface area contributed by atoms with E-state index in [-0.39, 0.29) is 22.9 Å². The van der Waals surface area contributed by atoms with Gasteiger partial charge in [-0.3, -0.25) is 9.69 Å². The van der Waals surface area contributed by atoms with Crippen LogP contribution < -0.4 is 4.90 Å². The Morgan fingerprint density at radius 3 is 2.47 bits per heavy atom. The molecular formula is C25H29N3O4S2. The second-order valence-corrected chi connectivity index (χ2v) is 12.2. The maximum absolute atomic E-state index is 13.6. The van der Waals surface area contributed by atoms with Crippen LogP contribution in [0.4, 0.5) is 5.13 Å². The van der Waals surface area contributed by atoms with Gasteiger partial charge in [0.05, 0.1) is 27.8 Å². The summed E-state index contributed by atoms with van der Waals surface area (Å²) in [7, 11) is -1.94. The highest BCUT2D eigenvalue weighted by Crippen LogP contribution is 2.33. The van der Waals surface area contributed by atoms with Gasteiger partial charge in [-0.1, -0.05) is 11.3 Å². The lowest BCUT2D eigenvalue weighted by Gasteiger charge is -2.23. The van der Waals surface area contributed by atoms with Crippen molar-refractivity contribution in [2.24, 2.45) is 0 Å². The van der Waals surface area contributed by atoms with Gasteiger partial charge in [-0.25, -0.2) is 13.4 Å². The summed E-state index contributed by atoms with van der Waals surface area (Å²) in [5.74, 6) is -0.206. The zero-order chi connectivity index (χ0) is 24.0. The number of carbonyl (C=O) groups excluding carboxylic acids is 1. The van der Waals surface area contributed by atoms with Crippen molar-refractivity contribution in [3.05, 3.63) is 53.1 Å². The van der Waals surface area contributed by atoms with E-state index in [0.717, 1.165) is 41.5 Å². The van der Waals surface area contributed by atoms with Crippen LogP contribution >= 0.6 is 11.3 Å². The fourth-order valence-electron chi connectivity index (χ4n) is 4.25. The minimum atomic E-state index is -3.56. The van der Waals surface area contributed by atoms with Gasteiger partial charge >= 0.3 is 0 Å². The lowest BCUT2D eigenvalue weighted by molar-refractivity contribution is 0.0917. The molecule has 1 atom stereocenters. The zero-order valence-corrected chi connectivity index (χ0v) is 21.3. The molecule has 5 rings (SSSR count). The van der Waals surface area contributed by atoms with E-state index < -0.39 is 10.0 Å². The summed E-state index contributed by atoms with van der Waals surface area (Å²) in [4.78, 5) is 20.3. The van der Waals surface area contributed by atoms with Gasteiger partial charge in [0.2, 0.25) is 10.0 Å². The lowest BCUT2D eigenvalue weighted by atomic mass is 10.1. The SMILES string of the molecule is Cc1cc2nc(N(CC3CCCO3)C(=O)c3ccc(S(=O)(=O)N(C)C4CC4)cc3)sc2cc1C. The van der Waals surface area contributed by atoms with E-state index in [9.17, 15) is 13.2 Å². The molecule has 1 amide bonds. The number of ether oxygens (including phenoxy) is 1. The van der Waals surface area contributed by atoms with Crippen molar-refractivity contribution in [3.8, 4) is 0 Å². The largest absolute Gasteiger partial charge is 0.376 e. The van der Waals surface area contributed by atoms with Crippen molar-refractivity contribution in [3.63, 3.8) is 0 Å². The summed E-state index contributed by atoms with van der Waals surface area (Å²) in [5, 5.41) is 0.630. The van der Waals surface area contributed by atoms with E-state index in [1.165, 1.54) is 33.3 Å². The van der Waals surface area contributed by atoms with Gasteiger partial charge in [0.1, 0.15) is 0 Å². The van der Waals surface area contributed by atoms with Gasteiger partial charge in [-0.2, -0.15) is 4.31 Å². The Kier molecular flexibility index (Phi) is 6.22. The summed E-state index contributed by atoms with van der Waals surface area (Å²) in [5.41, 5.74) is 3.65. The zero-order valence-electron chi connectivity index (χ0n) is 19.7. The van der Waals surface area contributed by atoms with E-state index in [0.29, 0.717) is 23.8 Å². The number of hydrogen-bond acceptors (Lipinski definition) is 6. The second kappa shape index (κ2) is 9.03. The van der Waals surface area contributed by atoms with Gasteiger partial charge < -0.3 is 4.74 Å². The fraction of sp³-hybridized carbons (Fsp3) is 0.440. The third-order valence-corrected chi connectivity index (χ3v) is 9.68. The first-order valence-corrected chi connectivity index (χ1v) is 13.9. The number of sulfonamides is 1. The molecule has 0 N–H and O–H groups in total. The highest BCUT2D eigenvalue weighted by molar-refractivity contribution is 7.89. The average molecular weight is 500 g/mol. The molecule has 1 unspecified atom stereocenters. The van der Waals surface area contributed by atoms with Crippen molar-refractivity contribution in [2.75, 3.05) is 25.1 Å². The number of carbonyl (C=O) groups is 1. The molecule has 3 aromatic rings. The molecule has 1 saturated carbocycles. The first-order valence-electron chi connectivity index (χ1n) is 11.6. The lowest BCUT2D eigenvalue weighted by Crippen LogP contribution is -2.37. The number of hydrogen-bond donors (Lipinski definition) is 0. The van der Waals surface area contributed by atoms with Crippen LogP contribution in [0.25, 0.3) is 10.2 Å². The molecule has 180 valence electrons. The van der Waals surface area contributed by atoms with Gasteiger partial charge in [0.25, 0.3) is 5.91 Å². The monoisotopic (exact) mass is 499 g/mol. The number of fused-ring (bicyclic) bond motifs is 1. The molecule has 1 aromatic heterocycles. The Labute approximate surface area is 204 Å². The number of rotatable bonds is 7. The first kappa shape index (κ1) is 23.4. The molecule has 0 radical (unpaired) electrons. The minimum Gasteiger partial charge on any atom is -0.376 e. The highest BCUT2D eigenvalue weighted by atomic mass is 32.2. The third kappa shape index (κ3) is 4.49. The number of aromatic nitrogens is 1. The van der Waals surface area contributed by atoms with Crippen LogP contribution in [-0.2, 0) is 14.8 Å². The normalized spacial score (nSPS) is 18.6. The Bertz CT molecular complexity index is 1290. The van der Waals surface area contributed by atoms with Crippen molar-refractivity contribution >= 4 is 42.6 Å². The Hall–Kier alpha value is -2.33. The van der Waals surface area contributed by atoms with Crippen LogP contribution in [0, 0.1) is 13.8 Å². The topological polar surface area (TPSA) is 79.8 Å². The molecule has 7 nitrogen and oxygen atoms in total. The molecule has 1 aliphatic heterocycles. The molecule has 2 aliphatic rings. The van der Waals surface area contributed by atoms with E-state index in [1.54, 1.807) is 24.1 Å². The predicted molar refractivity (Wildman–Crippen MR) is 134 cm³/mol. The van der Waals surface area contributed by atoms with Gasteiger partial charge in [0.15, 0.2) is 5.13 Å². The standard InChI is InChI=1S/C25H29N3O4S2/c1-16-13-22-23(14-17(16)2)33-25(26-22)28(15-20-5-4-12-32-20)24(29)18-6-10-21(11-7-18)34(30,31)27(3)19-8-9-19/h6-7,10-11,13-14,19-20H,4-5,8-9,12,15H2,1-3H3. The van der Waals surface area contributed by atoms with Crippen molar-refractivity contribution in [1.82, 2.24) is 9.29 Å². The van der Waals surface area contributed by atoms with E-state index in [2.05, 4.69) is 26.0 Å². The van der Waals surface area contributed by atoms with Gasteiger partial charge in [0, 0.05) is 25.3 Å². The van der Waals surface area contributed by atoms with Crippen LogP contribution in [-0.4, -0.2) is 56.0 Å². The molecule has 2 aromatic carbocycles.